The Balaban J connectivity index is 1.74. The number of carbonyl (C=O) groups excluding carboxylic acids is 1. The third-order valence-electron chi connectivity index (χ3n) is 5.48. The van der Waals surface area contributed by atoms with Gasteiger partial charge in [0.2, 0.25) is 10.0 Å². The van der Waals surface area contributed by atoms with E-state index in [1.807, 2.05) is 6.92 Å². The van der Waals surface area contributed by atoms with Crippen LogP contribution in [0.1, 0.15) is 35.2 Å². The van der Waals surface area contributed by atoms with Crippen LogP contribution in [-0.2, 0) is 10.0 Å². The van der Waals surface area contributed by atoms with E-state index in [0.717, 1.165) is 6.42 Å². The summed E-state index contributed by atoms with van der Waals surface area (Å²) in [7, 11) is -3.73. The lowest BCUT2D eigenvalue weighted by molar-refractivity contribution is 0.0881. The molecule has 1 saturated heterocycles. The predicted octanol–water partition coefficient (Wildman–Crippen LogP) is 1.62. The minimum Gasteiger partial charge on any atom is -0.395 e. The molecular weight excluding hydrogens is 408 g/mol. The molecule has 0 saturated carbocycles. The number of piperazine rings is 1. The van der Waals surface area contributed by atoms with Crippen LogP contribution in [0.15, 0.2) is 33.7 Å². The first-order chi connectivity index (χ1) is 14.3. The van der Waals surface area contributed by atoms with E-state index < -0.39 is 15.9 Å². The number of aliphatic hydroxyl groups excluding tert-OH is 1. The van der Waals surface area contributed by atoms with E-state index in [1.54, 1.807) is 26.0 Å². The topological polar surface area (TPSA) is 116 Å². The molecule has 1 aliphatic heterocycles. The monoisotopic (exact) mass is 436 g/mol. The number of nitrogens with one attached hydrogen (secondary N) is 1. The molecule has 1 aromatic carbocycles. The Labute approximate surface area is 176 Å². The van der Waals surface area contributed by atoms with Gasteiger partial charge in [-0.15, -0.1) is 0 Å². The Bertz CT molecular complexity index is 973. The fourth-order valence-corrected chi connectivity index (χ4v) is 5.07. The molecule has 1 aliphatic rings. The van der Waals surface area contributed by atoms with Gasteiger partial charge in [-0.25, -0.2) is 8.42 Å². The maximum atomic E-state index is 13.1. The minimum atomic E-state index is -3.73. The molecule has 2 N–H and O–H groups in total. The lowest BCUT2D eigenvalue weighted by atomic mass is 10.2. The zero-order valence-electron chi connectivity index (χ0n) is 17.5. The van der Waals surface area contributed by atoms with E-state index in [1.165, 1.54) is 16.4 Å². The molecule has 3 rings (SSSR count). The third kappa shape index (κ3) is 4.56. The number of sulfonamides is 1. The summed E-state index contributed by atoms with van der Waals surface area (Å²) in [6.45, 7) is 7.27. The first-order valence-corrected chi connectivity index (χ1v) is 11.4. The number of amides is 1. The van der Waals surface area contributed by atoms with Gasteiger partial charge in [0.05, 0.1) is 11.5 Å². The molecule has 9 nitrogen and oxygen atoms in total. The average Bonchev–Trinajstić information content (AvgIpc) is 3.07. The summed E-state index contributed by atoms with van der Waals surface area (Å²) in [5.41, 5.74) is 1.27. The summed E-state index contributed by atoms with van der Waals surface area (Å²) in [6, 6.07) is 6.06. The van der Waals surface area contributed by atoms with Crippen molar-refractivity contribution in [3.63, 3.8) is 0 Å². The van der Waals surface area contributed by atoms with Crippen molar-refractivity contribution in [3.8, 4) is 0 Å². The van der Waals surface area contributed by atoms with Crippen molar-refractivity contribution in [2.45, 2.75) is 38.1 Å². The predicted molar refractivity (Wildman–Crippen MR) is 112 cm³/mol. The summed E-state index contributed by atoms with van der Waals surface area (Å²) in [4.78, 5) is 14.8. The minimum absolute atomic E-state index is 0.0474. The van der Waals surface area contributed by atoms with E-state index in [0.29, 0.717) is 43.3 Å². The van der Waals surface area contributed by atoms with Crippen LogP contribution < -0.4 is 5.32 Å². The van der Waals surface area contributed by atoms with Gasteiger partial charge in [0.1, 0.15) is 11.4 Å². The number of benzene rings is 1. The van der Waals surface area contributed by atoms with E-state index in [-0.39, 0.29) is 23.1 Å². The van der Waals surface area contributed by atoms with E-state index in [2.05, 4.69) is 15.4 Å². The maximum Gasteiger partial charge on any atom is 0.255 e. The number of aromatic nitrogens is 1. The molecule has 2 aromatic rings. The van der Waals surface area contributed by atoms with E-state index >= 15 is 0 Å². The second-order valence-corrected chi connectivity index (χ2v) is 9.30. The Morgan fingerprint density at radius 2 is 1.97 bits per heavy atom. The molecule has 0 unspecified atom stereocenters. The van der Waals surface area contributed by atoms with Crippen LogP contribution >= 0.6 is 0 Å². The lowest BCUT2D eigenvalue weighted by Crippen LogP contribution is -2.52. The van der Waals surface area contributed by atoms with Gasteiger partial charge in [0.15, 0.2) is 5.76 Å². The molecule has 1 fully saturated rings. The molecular formula is C20H28N4O5S. The van der Waals surface area contributed by atoms with Gasteiger partial charge < -0.3 is 14.9 Å². The summed E-state index contributed by atoms with van der Waals surface area (Å²) < 4.78 is 32.7. The summed E-state index contributed by atoms with van der Waals surface area (Å²) in [5.74, 6) is 0.0516. The van der Waals surface area contributed by atoms with Crippen LogP contribution in [0.25, 0.3) is 0 Å². The average molecular weight is 437 g/mol. The number of hydrogen-bond donors (Lipinski definition) is 2. The quantitative estimate of drug-likeness (QED) is 0.677. The molecule has 30 heavy (non-hydrogen) atoms. The fraction of sp³-hybridized carbons (Fsp3) is 0.500. The van der Waals surface area contributed by atoms with Gasteiger partial charge in [0, 0.05) is 37.8 Å². The Morgan fingerprint density at radius 3 is 2.53 bits per heavy atom. The van der Waals surface area contributed by atoms with Crippen LogP contribution in [-0.4, -0.2) is 72.6 Å². The number of nitrogens with zero attached hydrogens (tertiary/aromatic N) is 3. The van der Waals surface area contributed by atoms with Crippen LogP contribution in [0, 0.1) is 13.8 Å². The second kappa shape index (κ2) is 9.25. The molecule has 0 radical (unpaired) electrons. The van der Waals surface area contributed by atoms with Crippen LogP contribution in [0.4, 0.5) is 5.69 Å². The SMILES string of the molecule is CC[C@H](CO)N1CCN(S(=O)(=O)c2cccc(C(=O)Nc3c(C)noc3C)c2)CC1. The van der Waals surface area contributed by atoms with Crippen molar-refractivity contribution >= 4 is 21.6 Å². The highest BCUT2D eigenvalue weighted by atomic mass is 32.2. The van der Waals surface area contributed by atoms with Gasteiger partial charge >= 0.3 is 0 Å². The maximum absolute atomic E-state index is 13.1. The fourth-order valence-electron chi connectivity index (χ4n) is 3.61. The van der Waals surface area contributed by atoms with Gasteiger partial charge in [-0.3, -0.25) is 9.69 Å². The molecule has 0 spiro atoms. The van der Waals surface area contributed by atoms with Crippen molar-refractivity contribution in [1.82, 2.24) is 14.4 Å². The molecule has 1 aromatic heterocycles. The molecule has 10 heteroatoms. The van der Waals surface area contributed by atoms with Crippen LogP contribution in [0.3, 0.4) is 0 Å². The van der Waals surface area contributed by atoms with Crippen molar-refractivity contribution in [3.05, 3.63) is 41.3 Å². The number of aliphatic hydroxyl groups is 1. The zero-order valence-corrected chi connectivity index (χ0v) is 18.3. The highest BCUT2D eigenvalue weighted by molar-refractivity contribution is 7.89. The van der Waals surface area contributed by atoms with Gasteiger partial charge in [-0.1, -0.05) is 18.1 Å². The number of carbonyl (C=O) groups is 1. The van der Waals surface area contributed by atoms with Crippen molar-refractivity contribution in [1.29, 1.82) is 0 Å². The van der Waals surface area contributed by atoms with E-state index in [4.69, 9.17) is 4.52 Å². The third-order valence-corrected chi connectivity index (χ3v) is 7.37. The molecule has 0 bridgehead atoms. The first kappa shape index (κ1) is 22.4. The van der Waals surface area contributed by atoms with Gasteiger partial charge in [0.25, 0.3) is 5.91 Å². The number of rotatable bonds is 7. The standard InChI is InChI=1S/C20H28N4O5S/c1-4-17(13-25)23-8-10-24(11-9-23)30(27,28)18-7-5-6-16(12-18)20(26)21-19-14(2)22-29-15(19)3/h5-7,12,17,25H,4,8-11,13H2,1-3H3,(H,21,26)/t17-/m1/s1. The molecule has 0 aliphatic carbocycles. The lowest BCUT2D eigenvalue weighted by Gasteiger charge is -2.37. The number of anilines is 1. The molecule has 2 heterocycles. The Morgan fingerprint density at radius 1 is 1.27 bits per heavy atom. The molecule has 1 amide bonds. The summed E-state index contributed by atoms with van der Waals surface area (Å²) in [6.07, 6.45) is 0.811. The highest BCUT2D eigenvalue weighted by Crippen LogP contribution is 2.22. The number of aryl methyl sites for hydroxylation is 2. The second-order valence-electron chi connectivity index (χ2n) is 7.37. The first-order valence-electron chi connectivity index (χ1n) is 9.97. The van der Waals surface area contributed by atoms with Crippen LogP contribution in [0.5, 0.6) is 0 Å². The van der Waals surface area contributed by atoms with E-state index in [9.17, 15) is 18.3 Å². The van der Waals surface area contributed by atoms with Gasteiger partial charge in [-0.05, 0) is 38.5 Å². The molecule has 1 atom stereocenters. The largest absolute Gasteiger partial charge is 0.395 e. The number of hydrogen-bond acceptors (Lipinski definition) is 7. The zero-order chi connectivity index (χ0) is 21.9. The Kier molecular flexibility index (Phi) is 6.91. The molecule has 164 valence electrons. The Hall–Kier alpha value is -2.27. The van der Waals surface area contributed by atoms with Crippen molar-refractivity contribution < 1.29 is 22.8 Å². The summed E-state index contributed by atoms with van der Waals surface area (Å²) in [5, 5.41) is 16.0. The van der Waals surface area contributed by atoms with Gasteiger partial charge in [-0.2, -0.15) is 4.31 Å². The van der Waals surface area contributed by atoms with Crippen LogP contribution in [0.2, 0.25) is 0 Å². The van der Waals surface area contributed by atoms with Crippen molar-refractivity contribution in [2.75, 3.05) is 38.1 Å². The highest BCUT2D eigenvalue weighted by Gasteiger charge is 2.31. The summed E-state index contributed by atoms with van der Waals surface area (Å²) >= 11 is 0. The normalized spacial score (nSPS) is 17.1. The van der Waals surface area contributed by atoms with Crippen molar-refractivity contribution in [2.24, 2.45) is 0 Å². The smallest absolute Gasteiger partial charge is 0.255 e.